The molecule has 0 fully saturated rings. The van der Waals surface area contributed by atoms with Crippen LogP contribution in [0.4, 0.5) is 5.69 Å². The molecule has 0 aliphatic heterocycles. The zero-order valence-electron chi connectivity index (χ0n) is 16.6. The standard InChI is InChI=1S/C24H22N4OS/c1-29-21-13-11-20(12-14-21)26-24(30)27-25-15-19-17-28(16-18-7-3-2-4-8-18)23-10-6-5-9-22(19)23/h2-15,17H,16H2,1H3,(H2,26,27,30)/b25-15+. The zero-order valence-corrected chi connectivity index (χ0v) is 17.4. The van der Waals surface area contributed by atoms with E-state index in [0.717, 1.165) is 28.9 Å². The van der Waals surface area contributed by atoms with E-state index < -0.39 is 0 Å². The number of hydrazone groups is 1. The first kappa shape index (κ1) is 19.7. The highest BCUT2D eigenvalue weighted by atomic mass is 32.1. The van der Waals surface area contributed by atoms with Crippen molar-refractivity contribution in [2.45, 2.75) is 6.54 Å². The van der Waals surface area contributed by atoms with Crippen molar-refractivity contribution in [1.29, 1.82) is 0 Å². The topological polar surface area (TPSA) is 50.6 Å². The Hall–Kier alpha value is -3.64. The van der Waals surface area contributed by atoms with E-state index in [4.69, 9.17) is 17.0 Å². The third kappa shape index (κ3) is 4.67. The smallest absolute Gasteiger partial charge is 0.191 e. The van der Waals surface area contributed by atoms with Gasteiger partial charge in [-0.3, -0.25) is 5.43 Å². The third-order valence-electron chi connectivity index (χ3n) is 4.73. The first-order chi connectivity index (χ1) is 14.7. The Morgan fingerprint density at radius 2 is 1.73 bits per heavy atom. The van der Waals surface area contributed by atoms with Crippen molar-refractivity contribution in [1.82, 2.24) is 9.99 Å². The largest absolute Gasteiger partial charge is 0.497 e. The Kier molecular flexibility index (Phi) is 6.06. The number of hydrogen-bond donors (Lipinski definition) is 2. The van der Waals surface area contributed by atoms with Crippen LogP contribution in [0.2, 0.25) is 0 Å². The van der Waals surface area contributed by atoms with Gasteiger partial charge >= 0.3 is 0 Å². The van der Waals surface area contributed by atoms with Crippen LogP contribution in [0, 0.1) is 0 Å². The van der Waals surface area contributed by atoms with Crippen molar-refractivity contribution in [3.05, 3.63) is 96.2 Å². The van der Waals surface area contributed by atoms with Gasteiger partial charge in [0.1, 0.15) is 5.75 Å². The summed E-state index contributed by atoms with van der Waals surface area (Å²) in [5, 5.41) is 8.99. The number of benzene rings is 3. The lowest BCUT2D eigenvalue weighted by Gasteiger charge is -2.07. The lowest BCUT2D eigenvalue weighted by atomic mass is 10.2. The number of hydrogen-bond acceptors (Lipinski definition) is 3. The minimum absolute atomic E-state index is 0.421. The van der Waals surface area contributed by atoms with Crippen molar-refractivity contribution in [3.8, 4) is 5.75 Å². The Labute approximate surface area is 181 Å². The van der Waals surface area contributed by atoms with Crippen LogP contribution in [-0.2, 0) is 6.54 Å². The van der Waals surface area contributed by atoms with Gasteiger partial charge in [0, 0.05) is 34.9 Å². The summed E-state index contributed by atoms with van der Waals surface area (Å²) in [7, 11) is 1.64. The molecule has 0 amide bonds. The summed E-state index contributed by atoms with van der Waals surface area (Å²) in [5.74, 6) is 0.796. The fourth-order valence-corrected chi connectivity index (χ4v) is 3.45. The van der Waals surface area contributed by atoms with Gasteiger partial charge in [-0.25, -0.2) is 0 Å². The van der Waals surface area contributed by atoms with E-state index in [9.17, 15) is 0 Å². The van der Waals surface area contributed by atoms with E-state index in [1.54, 1.807) is 13.3 Å². The number of fused-ring (bicyclic) bond motifs is 1. The SMILES string of the molecule is COc1ccc(NC(=S)N/N=C/c2cn(Cc3ccccc3)c3ccccc23)cc1. The van der Waals surface area contributed by atoms with Crippen LogP contribution in [0.25, 0.3) is 10.9 Å². The van der Waals surface area contributed by atoms with Crippen molar-refractivity contribution in [2.24, 2.45) is 5.10 Å². The summed E-state index contributed by atoms with van der Waals surface area (Å²) in [6.45, 7) is 0.806. The molecule has 0 aliphatic rings. The molecule has 4 aromatic rings. The Morgan fingerprint density at radius 3 is 2.50 bits per heavy atom. The average Bonchev–Trinajstić information content (AvgIpc) is 3.12. The maximum Gasteiger partial charge on any atom is 0.191 e. The van der Waals surface area contributed by atoms with Crippen LogP contribution in [0.3, 0.4) is 0 Å². The van der Waals surface area contributed by atoms with E-state index >= 15 is 0 Å². The highest BCUT2D eigenvalue weighted by molar-refractivity contribution is 7.80. The lowest BCUT2D eigenvalue weighted by molar-refractivity contribution is 0.415. The molecule has 1 aromatic heterocycles. The first-order valence-corrected chi connectivity index (χ1v) is 9.99. The Balaban J connectivity index is 1.46. The zero-order chi connectivity index (χ0) is 20.8. The first-order valence-electron chi connectivity index (χ1n) is 9.59. The molecule has 0 aliphatic carbocycles. The summed E-state index contributed by atoms with van der Waals surface area (Å²) in [6, 6.07) is 26.3. The second kappa shape index (κ2) is 9.24. The predicted molar refractivity (Wildman–Crippen MR) is 127 cm³/mol. The van der Waals surface area contributed by atoms with Crippen molar-refractivity contribution in [3.63, 3.8) is 0 Å². The van der Waals surface area contributed by atoms with Crippen LogP contribution in [0.15, 0.2) is 90.2 Å². The minimum Gasteiger partial charge on any atom is -0.497 e. The number of nitrogens with one attached hydrogen (secondary N) is 2. The lowest BCUT2D eigenvalue weighted by Crippen LogP contribution is -2.23. The van der Waals surface area contributed by atoms with Crippen LogP contribution in [-0.4, -0.2) is 23.0 Å². The van der Waals surface area contributed by atoms with Gasteiger partial charge in [0.15, 0.2) is 5.11 Å². The van der Waals surface area contributed by atoms with Gasteiger partial charge in [0.05, 0.1) is 13.3 Å². The highest BCUT2D eigenvalue weighted by Crippen LogP contribution is 2.21. The van der Waals surface area contributed by atoms with Gasteiger partial charge in [0.2, 0.25) is 0 Å². The van der Waals surface area contributed by atoms with Gasteiger partial charge in [-0.2, -0.15) is 5.10 Å². The van der Waals surface area contributed by atoms with Crippen molar-refractivity contribution in [2.75, 3.05) is 12.4 Å². The molecular weight excluding hydrogens is 392 g/mol. The molecule has 6 heteroatoms. The fourth-order valence-electron chi connectivity index (χ4n) is 3.28. The minimum atomic E-state index is 0.421. The molecule has 3 aromatic carbocycles. The molecule has 0 saturated heterocycles. The molecule has 0 unspecified atom stereocenters. The molecule has 0 spiro atoms. The molecular formula is C24H22N4OS. The summed E-state index contributed by atoms with van der Waals surface area (Å²) in [6.07, 6.45) is 3.91. The molecule has 0 radical (unpaired) electrons. The van der Waals surface area contributed by atoms with Crippen molar-refractivity contribution < 1.29 is 4.74 Å². The fraction of sp³-hybridized carbons (Fsp3) is 0.0833. The summed E-state index contributed by atoms with van der Waals surface area (Å²) >= 11 is 5.33. The number of nitrogens with zero attached hydrogens (tertiary/aromatic N) is 2. The quantitative estimate of drug-likeness (QED) is 0.264. The van der Waals surface area contributed by atoms with Gasteiger partial charge in [-0.1, -0.05) is 48.5 Å². The molecule has 5 nitrogen and oxygen atoms in total. The van der Waals surface area contributed by atoms with Crippen LogP contribution >= 0.6 is 12.2 Å². The summed E-state index contributed by atoms with van der Waals surface area (Å²) in [5.41, 5.74) is 7.20. The third-order valence-corrected chi connectivity index (χ3v) is 4.93. The van der Waals surface area contributed by atoms with Gasteiger partial charge in [0.25, 0.3) is 0 Å². The number of rotatable bonds is 6. The predicted octanol–water partition coefficient (Wildman–Crippen LogP) is 5.02. The molecule has 150 valence electrons. The number of anilines is 1. The second-order valence-corrected chi connectivity index (χ2v) is 7.18. The van der Waals surface area contributed by atoms with Crippen LogP contribution in [0.1, 0.15) is 11.1 Å². The molecule has 30 heavy (non-hydrogen) atoms. The van der Waals surface area contributed by atoms with E-state index in [1.165, 1.54) is 11.1 Å². The number of methoxy groups -OCH3 is 1. The van der Waals surface area contributed by atoms with E-state index in [1.807, 2.05) is 36.4 Å². The van der Waals surface area contributed by atoms with Crippen LogP contribution < -0.4 is 15.5 Å². The van der Waals surface area contributed by atoms with E-state index in [0.29, 0.717) is 5.11 Å². The maximum atomic E-state index is 5.33. The Bertz CT molecular complexity index is 1170. The maximum absolute atomic E-state index is 5.33. The highest BCUT2D eigenvalue weighted by Gasteiger charge is 2.07. The molecule has 4 rings (SSSR count). The molecule has 2 N–H and O–H groups in total. The summed E-state index contributed by atoms with van der Waals surface area (Å²) < 4.78 is 7.40. The van der Waals surface area contributed by atoms with Crippen molar-refractivity contribution >= 4 is 40.1 Å². The number of ether oxygens (including phenoxy) is 1. The molecule has 0 atom stereocenters. The summed E-state index contributed by atoms with van der Waals surface area (Å²) in [4.78, 5) is 0. The van der Waals surface area contributed by atoms with E-state index in [-0.39, 0.29) is 0 Å². The van der Waals surface area contributed by atoms with Crippen LogP contribution in [0.5, 0.6) is 5.75 Å². The number of aromatic nitrogens is 1. The molecule has 0 bridgehead atoms. The van der Waals surface area contributed by atoms with Gasteiger partial charge in [-0.15, -0.1) is 0 Å². The molecule has 0 saturated carbocycles. The normalized spacial score (nSPS) is 11.0. The average molecular weight is 415 g/mol. The molecule has 1 heterocycles. The second-order valence-electron chi connectivity index (χ2n) is 6.77. The van der Waals surface area contributed by atoms with Gasteiger partial charge < -0.3 is 14.6 Å². The monoisotopic (exact) mass is 414 g/mol. The number of thiocarbonyl (C=S) groups is 1. The van der Waals surface area contributed by atoms with E-state index in [2.05, 4.69) is 69.1 Å². The van der Waals surface area contributed by atoms with Gasteiger partial charge in [-0.05, 0) is 48.1 Å². The Morgan fingerprint density at radius 1 is 1.00 bits per heavy atom. The number of para-hydroxylation sites is 1.